The fourth-order valence-corrected chi connectivity index (χ4v) is 4.30. The number of alkyl halides is 3. The minimum absolute atomic E-state index is 0.126. The Balaban J connectivity index is 1.25. The van der Waals surface area contributed by atoms with Crippen LogP contribution in [0.5, 0.6) is 11.5 Å². The highest BCUT2D eigenvalue weighted by atomic mass is 19.4. The number of amides is 1. The number of nitrogens with one attached hydrogen (secondary N) is 2. The quantitative estimate of drug-likeness (QED) is 0.278. The Hall–Kier alpha value is -5.19. The fourth-order valence-electron chi connectivity index (χ4n) is 4.30. The lowest BCUT2D eigenvalue weighted by Crippen LogP contribution is -2.29. The molecule has 0 saturated heterocycles. The van der Waals surface area contributed by atoms with Gasteiger partial charge in [-0.2, -0.15) is 23.5 Å². The maximum absolute atomic E-state index is 12.8. The molecule has 3 atom stereocenters. The third-order valence-electron chi connectivity index (χ3n) is 6.56. The third kappa shape index (κ3) is 6.57. The minimum atomic E-state index is -4.33. The lowest BCUT2D eigenvalue weighted by Gasteiger charge is -2.16. The van der Waals surface area contributed by atoms with Crippen molar-refractivity contribution >= 4 is 17.5 Å². The average molecular weight is 579 g/mol. The normalized spacial score (nSPS) is 16.7. The van der Waals surface area contributed by atoms with E-state index in [4.69, 9.17) is 9.47 Å². The number of halogens is 3. The first-order valence-corrected chi connectivity index (χ1v) is 12.8. The van der Waals surface area contributed by atoms with Crippen molar-refractivity contribution < 1.29 is 27.4 Å². The summed E-state index contributed by atoms with van der Waals surface area (Å²) in [7, 11) is 1.41. The standard InChI is InChI=1S/C28H25F3N8O3/c1-16(13-39-15-33-14-36-39)42-24-7-17(3-4-19(24)10-32)20-11-34-27(35-12-20)38-22-6-5-18(8-25(22)41-2)26(40)37-23-9-21(23)28(29,30)31/h3-8,11-12,14-16,21,23H,9,13H2,1-2H3,(H,37,40)(H,34,35,38). The molecule has 216 valence electrons. The summed E-state index contributed by atoms with van der Waals surface area (Å²) < 4.78 is 51.4. The molecule has 1 amide bonds. The van der Waals surface area contributed by atoms with E-state index in [0.717, 1.165) is 5.56 Å². The molecule has 0 radical (unpaired) electrons. The van der Waals surface area contributed by atoms with E-state index in [1.54, 1.807) is 47.7 Å². The van der Waals surface area contributed by atoms with Crippen LogP contribution in [0.15, 0.2) is 61.4 Å². The summed E-state index contributed by atoms with van der Waals surface area (Å²) in [6.45, 7) is 2.31. The SMILES string of the molecule is COc1cc(C(=O)NC2CC2C(F)(F)F)ccc1Nc1ncc(-c2ccc(C#N)c(OC(C)Cn3cncn3)c2)cn1. The Morgan fingerprint density at radius 1 is 1.17 bits per heavy atom. The van der Waals surface area contributed by atoms with Gasteiger partial charge in [-0.05, 0) is 49.2 Å². The number of rotatable bonds is 10. The van der Waals surface area contributed by atoms with Gasteiger partial charge in [-0.15, -0.1) is 0 Å². The molecule has 2 aromatic carbocycles. The molecule has 2 heterocycles. The first kappa shape index (κ1) is 28.3. The lowest BCUT2D eigenvalue weighted by atomic mass is 10.1. The number of hydrogen-bond donors (Lipinski definition) is 2. The van der Waals surface area contributed by atoms with E-state index in [1.807, 2.05) is 6.92 Å². The van der Waals surface area contributed by atoms with Gasteiger partial charge in [0.25, 0.3) is 5.91 Å². The molecule has 5 rings (SSSR count). The van der Waals surface area contributed by atoms with E-state index < -0.39 is 24.0 Å². The molecule has 4 aromatic rings. The summed E-state index contributed by atoms with van der Waals surface area (Å²) in [4.78, 5) is 25.1. The van der Waals surface area contributed by atoms with Crippen molar-refractivity contribution in [3.63, 3.8) is 0 Å². The number of ether oxygens (including phenoxy) is 2. The van der Waals surface area contributed by atoms with Crippen LogP contribution in [-0.4, -0.2) is 56.1 Å². The molecular weight excluding hydrogens is 553 g/mol. The van der Waals surface area contributed by atoms with Crippen molar-refractivity contribution in [2.45, 2.75) is 38.2 Å². The topological polar surface area (TPSA) is 140 Å². The van der Waals surface area contributed by atoms with Crippen LogP contribution in [0.3, 0.4) is 0 Å². The van der Waals surface area contributed by atoms with Crippen LogP contribution in [0, 0.1) is 17.2 Å². The van der Waals surface area contributed by atoms with Crippen molar-refractivity contribution in [2.24, 2.45) is 5.92 Å². The molecule has 0 aliphatic heterocycles. The second-order valence-electron chi connectivity index (χ2n) is 9.67. The van der Waals surface area contributed by atoms with E-state index in [9.17, 15) is 23.2 Å². The molecule has 2 aromatic heterocycles. The minimum Gasteiger partial charge on any atom is -0.495 e. The van der Waals surface area contributed by atoms with Gasteiger partial charge in [-0.1, -0.05) is 6.07 Å². The van der Waals surface area contributed by atoms with Gasteiger partial charge in [-0.25, -0.2) is 19.6 Å². The zero-order valence-corrected chi connectivity index (χ0v) is 22.5. The van der Waals surface area contributed by atoms with Crippen LogP contribution in [0.1, 0.15) is 29.3 Å². The summed E-state index contributed by atoms with van der Waals surface area (Å²) in [5.74, 6) is -1.19. The summed E-state index contributed by atoms with van der Waals surface area (Å²) in [6.07, 6.45) is 1.48. The van der Waals surface area contributed by atoms with E-state index >= 15 is 0 Å². The van der Waals surface area contributed by atoms with Gasteiger partial charge in [0.1, 0.15) is 36.3 Å². The molecule has 1 aliphatic rings. The Labute approximate surface area is 238 Å². The van der Waals surface area contributed by atoms with Crippen LogP contribution >= 0.6 is 0 Å². The van der Waals surface area contributed by atoms with E-state index in [1.165, 1.54) is 25.6 Å². The highest BCUT2D eigenvalue weighted by Gasteiger charge is 2.56. The van der Waals surface area contributed by atoms with Crippen LogP contribution in [0.2, 0.25) is 0 Å². The Bertz CT molecular complexity index is 1600. The molecule has 14 heteroatoms. The molecule has 0 spiro atoms. The summed E-state index contributed by atoms with van der Waals surface area (Å²) in [6, 6.07) is 10.8. The molecule has 3 unspecified atom stereocenters. The smallest absolute Gasteiger partial charge is 0.393 e. The van der Waals surface area contributed by atoms with Gasteiger partial charge in [0.2, 0.25) is 5.95 Å². The monoisotopic (exact) mass is 578 g/mol. The number of methoxy groups -OCH3 is 1. The van der Waals surface area contributed by atoms with Gasteiger partial charge in [0, 0.05) is 29.6 Å². The summed E-state index contributed by atoms with van der Waals surface area (Å²) >= 11 is 0. The first-order valence-electron chi connectivity index (χ1n) is 12.8. The molecule has 11 nitrogen and oxygen atoms in total. The molecule has 2 N–H and O–H groups in total. The number of hydrogen-bond acceptors (Lipinski definition) is 9. The predicted octanol–water partition coefficient (Wildman–Crippen LogP) is 4.51. The maximum Gasteiger partial charge on any atom is 0.393 e. The number of nitrogens with zero attached hydrogens (tertiary/aromatic N) is 6. The number of benzene rings is 2. The van der Waals surface area contributed by atoms with Crippen LogP contribution in [0.4, 0.5) is 24.8 Å². The predicted molar refractivity (Wildman–Crippen MR) is 144 cm³/mol. The molecule has 1 aliphatic carbocycles. The summed E-state index contributed by atoms with van der Waals surface area (Å²) in [5, 5.41) is 19.0. The third-order valence-corrected chi connectivity index (χ3v) is 6.56. The number of nitriles is 1. The number of aromatic nitrogens is 5. The molecule has 42 heavy (non-hydrogen) atoms. The average Bonchev–Trinajstić information content (AvgIpc) is 3.58. The largest absolute Gasteiger partial charge is 0.495 e. The van der Waals surface area contributed by atoms with Crippen LogP contribution in [-0.2, 0) is 6.54 Å². The van der Waals surface area contributed by atoms with Crippen molar-refractivity contribution in [1.29, 1.82) is 5.26 Å². The molecule has 1 saturated carbocycles. The lowest BCUT2D eigenvalue weighted by molar-refractivity contribution is -0.148. The highest BCUT2D eigenvalue weighted by molar-refractivity contribution is 5.95. The van der Waals surface area contributed by atoms with E-state index in [0.29, 0.717) is 29.1 Å². The first-order chi connectivity index (χ1) is 20.1. The van der Waals surface area contributed by atoms with Gasteiger partial charge in [0.15, 0.2) is 0 Å². The maximum atomic E-state index is 12.8. The molecule has 1 fully saturated rings. The van der Waals surface area contributed by atoms with Crippen molar-refractivity contribution in [1.82, 2.24) is 30.0 Å². The number of carbonyl (C=O) groups excluding carboxylic acids is 1. The second kappa shape index (κ2) is 11.7. The second-order valence-corrected chi connectivity index (χ2v) is 9.67. The van der Waals surface area contributed by atoms with E-state index in [-0.39, 0.29) is 29.8 Å². The number of carbonyl (C=O) groups is 1. The number of anilines is 2. The van der Waals surface area contributed by atoms with Gasteiger partial charge < -0.3 is 20.1 Å². The highest BCUT2D eigenvalue weighted by Crippen LogP contribution is 2.44. The molecule has 0 bridgehead atoms. The van der Waals surface area contributed by atoms with Gasteiger partial charge in [-0.3, -0.25) is 4.79 Å². The Morgan fingerprint density at radius 2 is 1.95 bits per heavy atom. The Morgan fingerprint density at radius 3 is 2.60 bits per heavy atom. The fraction of sp³-hybridized carbons (Fsp3) is 0.286. The zero-order chi connectivity index (χ0) is 29.9. The Kier molecular flexibility index (Phi) is 7.92. The van der Waals surface area contributed by atoms with Crippen molar-refractivity contribution in [2.75, 3.05) is 12.4 Å². The molecular formula is C28H25F3N8O3. The van der Waals surface area contributed by atoms with Crippen molar-refractivity contribution in [3.05, 3.63) is 72.6 Å². The van der Waals surface area contributed by atoms with Gasteiger partial charge >= 0.3 is 6.18 Å². The van der Waals surface area contributed by atoms with Crippen LogP contribution in [0.25, 0.3) is 11.1 Å². The van der Waals surface area contributed by atoms with Crippen LogP contribution < -0.4 is 20.1 Å². The van der Waals surface area contributed by atoms with Crippen molar-refractivity contribution in [3.8, 4) is 28.7 Å². The van der Waals surface area contributed by atoms with Gasteiger partial charge in [0.05, 0.1) is 30.8 Å². The summed E-state index contributed by atoms with van der Waals surface area (Å²) in [5.41, 5.74) is 2.41. The van der Waals surface area contributed by atoms with E-state index in [2.05, 4.69) is 36.8 Å². The zero-order valence-electron chi connectivity index (χ0n) is 22.5.